The molecule has 0 aliphatic carbocycles. The molecule has 0 radical (unpaired) electrons. The maximum absolute atomic E-state index is 9.41. The number of aliphatic hydroxyl groups is 1. The molecule has 0 spiro atoms. The smallest absolute Gasteiger partial charge is 0.185 e. The van der Waals surface area contributed by atoms with Crippen LogP contribution in [0.25, 0.3) is 0 Å². The van der Waals surface area contributed by atoms with E-state index in [1.54, 1.807) is 11.3 Å². The molecule has 2 atom stereocenters. The number of hydrogen-bond donors (Lipinski definition) is 1. The van der Waals surface area contributed by atoms with Crippen LogP contribution in [0.15, 0.2) is 0 Å². The van der Waals surface area contributed by atoms with E-state index in [1.807, 2.05) is 0 Å². The van der Waals surface area contributed by atoms with Crippen LogP contribution in [0, 0.1) is 11.8 Å². The Balaban J connectivity index is 2.17. The van der Waals surface area contributed by atoms with Crippen LogP contribution in [-0.2, 0) is 13.0 Å². The molecule has 2 rings (SSSR count). The van der Waals surface area contributed by atoms with Crippen LogP contribution in [0.3, 0.4) is 0 Å². The second-order valence-corrected chi connectivity index (χ2v) is 6.69. The first kappa shape index (κ1) is 13.8. The van der Waals surface area contributed by atoms with Crippen molar-refractivity contribution in [3.63, 3.8) is 0 Å². The first-order valence-electron chi connectivity index (χ1n) is 6.98. The third kappa shape index (κ3) is 3.04. The lowest BCUT2D eigenvalue weighted by Gasteiger charge is -2.34. The molecule has 1 fully saturated rings. The molecular weight excluding hydrogens is 244 g/mol. The Bertz CT molecular complexity index is 381. The zero-order valence-corrected chi connectivity index (χ0v) is 12.5. The highest BCUT2D eigenvalue weighted by Gasteiger charge is 2.24. The van der Waals surface area contributed by atoms with Crippen LogP contribution in [0.2, 0.25) is 0 Å². The fraction of sp³-hybridized carbons (Fsp3) is 0.786. The van der Waals surface area contributed by atoms with Crippen molar-refractivity contribution in [1.29, 1.82) is 0 Å². The Kier molecular flexibility index (Phi) is 4.62. The van der Waals surface area contributed by atoms with Gasteiger partial charge in [0.2, 0.25) is 0 Å². The summed E-state index contributed by atoms with van der Waals surface area (Å²) in [5.74, 6) is 1.48. The van der Waals surface area contributed by atoms with Crippen molar-refractivity contribution in [2.45, 2.75) is 46.6 Å². The monoisotopic (exact) mass is 268 g/mol. The number of aromatic nitrogens is 1. The number of rotatable bonds is 4. The molecule has 0 amide bonds. The normalized spacial score (nSPS) is 24.6. The molecule has 102 valence electrons. The Hall–Kier alpha value is -0.610. The molecule has 2 heterocycles. The Morgan fingerprint density at radius 1 is 1.33 bits per heavy atom. The Morgan fingerprint density at radius 2 is 2.00 bits per heavy atom. The van der Waals surface area contributed by atoms with Gasteiger partial charge in [-0.1, -0.05) is 38.5 Å². The van der Waals surface area contributed by atoms with Crippen LogP contribution in [0.1, 0.15) is 44.2 Å². The van der Waals surface area contributed by atoms with Crippen molar-refractivity contribution in [3.8, 4) is 0 Å². The van der Waals surface area contributed by atoms with Crippen molar-refractivity contribution in [2.24, 2.45) is 11.8 Å². The molecule has 4 heteroatoms. The summed E-state index contributed by atoms with van der Waals surface area (Å²) in [6.07, 6.45) is 3.38. The summed E-state index contributed by atoms with van der Waals surface area (Å²) in [7, 11) is 0. The first-order chi connectivity index (χ1) is 8.63. The molecule has 2 unspecified atom stereocenters. The maximum atomic E-state index is 9.41. The summed E-state index contributed by atoms with van der Waals surface area (Å²) in [6.45, 7) is 9.13. The van der Waals surface area contributed by atoms with Gasteiger partial charge in [0.05, 0.1) is 17.2 Å². The Labute approximate surface area is 114 Å². The van der Waals surface area contributed by atoms with Crippen molar-refractivity contribution in [2.75, 3.05) is 18.0 Å². The summed E-state index contributed by atoms with van der Waals surface area (Å²) in [4.78, 5) is 8.21. The van der Waals surface area contributed by atoms with Crippen molar-refractivity contribution < 1.29 is 5.11 Å². The number of nitrogens with zero attached hydrogens (tertiary/aromatic N) is 2. The first-order valence-corrected chi connectivity index (χ1v) is 7.80. The van der Waals surface area contributed by atoms with Crippen molar-refractivity contribution in [3.05, 3.63) is 10.6 Å². The fourth-order valence-corrected chi connectivity index (χ4v) is 3.86. The lowest BCUT2D eigenvalue weighted by atomic mass is 9.92. The molecule has 18 heavy (non-hydrogen) atoms. The van der Waals surface area contributed by atoms with Crippen LogP contribution in [0.4, 0.5) is 5.13 Å². The minimum absolute atomic E-state index is 0.131. The van der Waals surface area contributed by atoms with Gasteiger partial charge in [-0.05, 0) is 24.7 Å². The van der Waals surface area contributed by atoms with E-state index in [-0.39, 0.29) is 6.61 Å². The van der Waals surface area contributed by atoms with Crippen molar-refractivity contribution >= 4 is 16.5 Å². The topological polar surface area (TPSA) is 36.4 Å². The average Bonchev–Trinajstić information content (AvgIpc) is 2.71. The van der Waals surface area contributed by atoms with Gasteiger partial charge in [0, 0.05) is 13.1 Å². The fourth-order valence-electron chi connectivity index (χ4n) is 2.88. The third-order valence-electron chi connectivity index (χ3n) is 3.54. The maximum Gasteiger partial charge on any atom is 0.185 e. The van der Waals surface area contributed by atoms with Gasteiger partial charge in [-0.3, -0.25) is 0 Å². The second-order valence-electron chi connectivity index (χ2n) is 5.63. The van der Waals surface area contributed by atoms with E-state index in [4.69, 9.17) is 4.98 Å². The summed E-state index contributed by atoms with van der Waals surface area (Å²) < 4.78 is 0. The number of aryl methyl sites for hydroxylation is 1. The van der Waals surface area contributed by atoms with Crippen molar-refractivity contribution in [1.82, 2.24) is 4.98 Å². The number of anilines is 1. The Morgan fingerprint density at radius 3 is 2.56 bits per heavy atom. The van der Waals surface area contributed by atoms with E-state index in [1.165, 1.54) is 6.42 Å². The highest BCUT2D eigenvalue weighted by atomic mass is 32.1. The average molecular weight is 268 g/mol. The van der Waals surface area contributed by atoms with Crippen LogP contribution in [0.5, 0.6) is 0 Å². The van der Waals surface area contributed by atoms with E-state index in [9.17, 15) is 5.11 Å². The van der Waals surface area contributed by atoms with Gasteiger partial charge < -0.3 is 10.0 Å². The van der Waals surface area contributed by atoms with Gasteiger partial charge in [0.15, 0.2) is 5.13 Å². The number of thiazole rings is 1. The summed E-state index contributed by atoms with van der Waals surface area (Å²) in [5.41, 5.74) is 1.10. The lowest BCUT2D eigenvalue weighted by Crippen LogP contribution is -2.38. The molecule has 1 aliphatic rings. The molecular formula is C14H24N2OS. The van der Waals surface area contributed by atoms with Crippen LogP contribution in [-0.4, -0.2) is 23.2 Å². The number of aliphatic hydroxyl groups excluding tert-OH is 1. The van der Waals surface area contributed by atoms with E-state index < -0.39 is 0 Å². The number of hydrogen-bond acceptors (Lipinski definition) is 4. The molecule has 3 nitrogen and oxygen atoms in total. The van der Waals surface area contributed by atoms with E-state index in [0.717, 1.165) is 53.5 Å². The molecule has 0 saturated carbocycles. The molecule has 1 aromatic rings. The lowest BCUT2D eigenvalue weighted by molar-refractivity contribution is 0.284. The molecule has 1 aromatic heterocycles. The highest BCUT2D eigenvalue weighted by molar-refractivity contribution is 7.15. The molecule has 1 saturated heterocycles. The van der Waals surface area contributed by atoms with E-state index in [2.05, 4.69) is 25.7 Å². The number of piperidine rings is 1. The van der Waals surface area contributed by atoms with Gasteiger partial charge in [-0.25, -0.2) is 4.98 Å². The standard InChI is InChI=1S/C14H24N2OS/c1-4-5-12-13(9-17)18-14(15-12)16-7-10(2)6-11(3)8-16/h10-11,17H,4-9H2,1-3H3. The van der Waals surface area contributed by atoms with E-state index in [0.29, 0.717) is 0 Å². The largest absolute Gasteiger partial charge is 0.391 e. The predicted molar refractivity (Wildman–Crippen MR) is 77.2 cm³/mol. The molecule has 0 aromatic carbocycles. The highest BCUT2D eigenvalue weighted by Crippen LogP contribution is 2.31. The summed E-state index contributed by atoms with van der Waals surface area (Å²) >= 11 is 1.67. The van der Waals surface area contributed by atoms with Gasteiger partial charge in [-0.15, -0.1) is 0 Å². The van der Waals surface area contributed by atoms with E-state index >= 15 is 0 Å². The van der Waals surface area contributed by atoms with Crippen LogP contribution < -0.4 is 4.90 Å². The van der Waals surface area contributed by atoms with Gasteiger partial charge in [0.1, 0.15) is 0 Å². The molecule has 1 aliphatic heterocycles. The minimum Gasteiger partial charge on any atom is -0.391 e. The minimum atomic E-state index is 0.131. The summed E-state index contributed by atoms with van der Waals surface area (Å²) in [5, 5.41) is 10.5. The quantitative estimate of drug-likeness (QED) is 0.911. The van der Waals surface area contributed by atoms with Gasteiger partial charge in [-0.2, -0.15) is 0 Å². The van der Waals surface area contributed by atoms with Crippen LogP contribution >= 0.6 is 11.3 Å². The zero-order chi connectivity index (χ0) is 13.1. The SMILES string of the molecule is CCCc1nc(N2CC(C)CC(C)C2)sc1CO. The third-order valence-corrected chi connectivity index (χ3v) is 4.68. The van der Waals surface area contributed by atoms with Gasteiger partial charge in [0.25, 0.3) is 0 Å². The zero-order valence-electron chi connectivity index (χ0n) is 11.6. The molecule has 0 bridgehead atoms. The second kappa shape index (κ2) is 6.02. The van der Waals surface area contributed by atoms with Gasteiger partial charge >= 0.3 is 0 Å². The summed E-state index contributed by atoms with van der Waals surface area (Å²) in [6, 6.07) is 0. The predicted octanol–water partition coefficient (Wildman–Crippen LogP) is 3.07. The molecule has 1 N–H and O–H groups in total.